The average molecular weight is 193 g/mol. The van der Waals surface area contributed by atoms with Crippen molar-refractivity contribution in [2.75, 3.05) is 6.54 Å². The molecule has 3 heteroatoms. The summed E-state index contributed by atoms with van der Waals surface area (Å²) >= 11 is 0. The second-order valence-corrected chi connectivity index (χ2v) is 3.68. The van der Waals surface area contributed by atoms with E-state index in [0.717, 1.165) is 12.4 Å². The zero-order chi connectivity index (χ0) is 10.6. The number of allylic oxidation sites excluding steroid dienone is 1. The van der Waals surface area contributed by atoms with Crippen LogP contribution in [0.1, 0.15) is 32.6 Å². The van der Waals surface area contributed by atoms with Gasteiger partial charge in [0.2, 0.25) is 0 Å². The van der Waals surface area contributed by atoms with Crippen molar-refractivity contribution in [1.29, 1.82) is 0 Å². The van der Waals surface area contributed by atoms with Gasteiger partial charge in [0, 0.05) is 19.4 Å². The van der Waals surface area contributed by atoms with Gasteiger partial charge in [-0.25, -0.2) is 4.98 Å². The monoisotopic (exact) mass is 193 g/mol. The lowest BCUT2D eigenvalue weighted by Crippen LogP contribution is -2.22. The van der Waals surface area contributed by atoms with E-state index >= 15 is 0 Å². The molecule has 0 aliphatic rings. The molecule has 0 spiro atoms. The van der Waals surface area contributed by atoms with E-state index in [0.29, 0.717) is 0 Å². The fourth-order valence-corrected chi connectivity index (χ4v) is 1.45. The topological polar surface area (TPSA) is 29.9 Å². The van der Waals surface area contributed by atoms with E-state index in [4.69, 9.17) is 0 Å². The Morgan fingerprint density at radius 3 is 2.79 bits per heavy atom. The van der Waals surface area contributed by atoms with Crippen molar-refractivity contribution in [3.8, 4) is 0 Å². The molecule has 1 atom stereocenters. The maximum absolute atomic E-state index is 4.34. The summed E-state index contributed by atoms with van der Waals surface area (Å²) < 4.78 is 2.05. The number of nitrogens with zero attached hydrogens (tertiary/aromatic N) is 2. The molecule has 0 fully saturated rings. The predicted molar refractivity (Wildman–Crippen MR) is 59.1 cm³/mol. The van der Waals surface area contributed by atoms with Gasteiger partial charge in [-0.15, -0.1) is 0 Å². The summed E-state index contributed by atoms with van der Waals surface area (Å²) in [4.78, 5) is 4.34. The van der Waals surface area contributed by atoms with Crippen LogP contribution >= 0.6 is 0 Å². The Labute approximate surface area is 85.8 Å². The minimum Gasteiger partial charge on any atom is -0.336 e. The molecule has 78 valence electrons. The third kappa shape index (κ3) is 2.70. The number of likely N-dealkylation sites (N-methyl/N-ethyl adjacent to an activating group) is 1. The number of rotatable bonds is 4. The number of hydrogen-bond acceptors (Lipinski definition) is 2. The van der Waals surface area contributed by atoms with Gasteiger partial charge in [-0.1, -0.05) is 18.6 Å². The second kappa shape index (κ2) is 4.96. The molecule has 0 saturated heterocycles. The van der Waals surface area contributed by atoms with Crippen LogP contribution in [0.5, 0.6) is 0 Å². The zero-order valence-corrected chi connectivity index (χ0v) is 9.41. The first-order valence-corrected chi connectivity index (χ1v) is 5.00. The summed E-state index contributed by atoms with van der Waals surface area (Å²) in [6.45, 7) is 7.26. The molecule has 0 aliphatic carbocycles. The van der Waals surface area contributed by atoms with Crippen LogP contribution in [0.3, 0.4) is 0 Å². The maximum atomic E-state index is 4.34. The first-order chi connectivity index (χ1) is 6.65. The third-order valence-electron chi connectivity index (χ3n) is 2.06. The van der Waals surface area contributed by atoms with Crippen LogP contribution in [0, 0.1) is 0 Å². The minimum absolute atomic E-state index is 0.227. The maximum Gasteiger partial charge on any atom is 0.129 e. The molecule has 1 unspecified atom stereocenters. The van der Waals surface area contributed by atoms with E-state index in [9.17, 15) is 0 Å². The van der Waals surface area contributed by atoms with Crippen LogP contribution < -0.4 is 5.32 Å². The van der Waals surface area contributed by atoms with Gasteiger partial charge in [0.05, 0.1) is 6.04 Å². The number of imidazole rings is 1. The molecule has 1 rings (SSSR count). The van der Waals surface area contributed by atoms with Gasteiger partial charge in [-0.3, -0.25) is 0 Å². The van der Waals surface area contributed by atoms with Gasteiger partial charge in [-0.05, 0) is 20.4 Å². The van der Waals surface area contributed by atoms with Crippen molar-refractivity contribution >= 4 is 0 Å². The lowest BCUT2D eigenvalue weighted by molar-refractivity contribution is 0.589. The summed E-state index contributed by atoms with van der Waals surface area (Å²) in [6, 6.07) is 0.227. The van der Waals surface area contributed by atoms with Crippen molar-refractivity contribution in [1.82, 2.24) is 14.9 Å². The summed E-state index contributed by atoms with van der Waals surface area (Å²) in [5, 5.41) is 3.40. The van der Waals surface area contributed by atoms with Crippen molar-refractivity contribution in [2.24, 2.45) is 7.05 Å². The molecule has 1 aromatic heterocycles. The molecule has 0 radical (unpaired) electrons. The fourth-order valence-electron chi connectivity index (χ4n) is 1.45. The highest BCUT2D eigenvalue weighted by Gasteiger charge is 2.10. The molecule has 3 nitrogen and oxygen atoms in total. The summed E-state index contributed by atoms with van der Waals surface area (Å²) in [6.07, 6.45) is 6.00. The number of aryl methyl sites for hydroxylation is 1. The molecule has 1 heterocycles. The van der Waals surface area contributed by atoms with Crippen molar-refractivity contribution in [3.05, 3.63) is 29.9 Å². The Balaban J connectivity index is 2.88. The minimum atomic E-state index is 0.227. The van der Waals surface area contributed by atoms with Crippen LogP contribution in [0.4, 0.5) is 0 Å². The molecular weight excluding hydrogens is 174 g/mol. The first-order valence-electron chi connectivity index (χ1n) is 5.00. The van der Waals surface area contributed by atoms with E-state index in [1.54, 1.807) is 0 Å². The SMILES string of the molecule is CCNC(C=C(C)C)c1nccn1C. The van der Waals surface area contributed by atoms with Crippen LogP contribution in [0.2, 0.25) is 0 Å². The highest BCUT2D eigenvalue weighted by atomic mass is 15.1. The molecule has 0 aromatic carbocycles. The normalized spacial score (nSPS) is 12.6. The highest BCUT2D eigenvalue weighted by Crippen LogP contribution is 2.13. The smallest absolute Gasteiger partial charge is 0.129 e. The molecule has 1 N–H and O–H groups in total. The van der Waals surface area contributed by atoms with Crippen molar-refractivity contribution in [3.63, 3.8) is 0 Å². The van der Waals surface area contributed by atoms with E-state index in [1.807, 2.05) is 24.0 Å². The van der Waals surface area contributed by atoms with E-state index < -0.39 is 0 Å². The average Bonchev–Trinajstić information content (AvgIpc) is 2.50. The van der Waals surface area contributed by atoms with Crippen molar-refractivity contribution < 1.29 is 0 Å². The predicted octanol–water partition coefficient (Wildman–Crippen LogP) is 2.04. The standard InChI is InChI=1S/C11H19N3/c1-5-12-10(8-9(2)3)11-13-6-7-14(11)4/h6-8,10,12H,5H2,1-4H3. The van der Waals surface area contributed by atoms with Crippen LogP contribution in [0.15, 0.2) is 24.0 Å². The quantitative estimate of drug-likeness (QED) is 0.742. The summed E-state index contributed by atoms with van der Waals surface area (Å²) in [7, 11) is 2.02. The van der Waals surface area contributed by atoms with E-state index in [-0.39, 0.29) is 6.04 Å². The Morgan fingerprint density at radius 2 is 2.36 bits per heavy atom. The molecule has 0 bridgehead atoms. The van der Waals surface area contributed by atoms with Gasteiger partial charge >= 0.3 is 0 Å². The van der Waals surface area contributed by atoms with Gasteiger partial charge in [0.25, 0.3) is 0 Å². The zero-order valence-electron chi connectivity index (χ0n) is 9.41. The van der Waals surface area contributed by atoms with Crippen LogP contribution in [-0.2, 0) is 7.05 Å². The van der Waals surface area contributed by atoms with Crippen molar-refractivity contribution in [2.45, 2.75) is 26.8 Å². The largest absolute Gasteiger partial charge is 0.336 e. The molecule has 1 aromatic rings. The lowest BCUT2D eigenvalue weighted by atomic mass is 10.2. The Hall–Kier alpha value is -1.09. The molecule has 14 heavy (non-hydrogen) atoms. The lowest BCUT2D eigenvalue weighted by Gasteiger charge is -2.14. The number of aromatic nitrogens is 2. The highest BCUT2D eigenvalue weighted by molar-refractivity contribution is 5.11. The number of nitrogens with one attached hydrogen (secondary N) is 1. The second-order valence-electron chi connectivity index (χ2n) is 3.68. The molecular formula is C11H19N3. The molecule has 0 saturated carbocycles. The van der Waals surface area contributed by atoms with Gasteiger partial charge in [-0.2, -0.15) is 0 Å². The Bertz CT molecular complexity index is 308. The molecule has 0 amide bonds. The Kier molecular flexibility index (Phi) is 3.89. The van der Waals surface area contributed by atoms with Crippen LogP contribution in [-0.4, -0.2) is 16.1 Å². The van der Waals surface area contributed by atoms with E-state index in [1.165, 1.54) is 5.57 Å². The summed E-state index contributed by atoms with van der Waals surface area (Å²) in [5.74, 6) is 1.06. The molecule has 0 aliphatic heterocycles. The third-order valence-corrected chi connectivity index (χ3v) is 2.06. The fraction of sp³-hybridized carbons (Fsp3) is 0.545. The summed E-state index contributed by atoms with van der Waals surface area (Å²) in [5.41, 5.74) is 1.30. The van der Waals surface area contributed by atoms with Gasteiger partial charge in [0.15, 0.2) is 0 Å². The first kappa shape index (κ1) is 11.0. The van der Waals surface area contributed by atoms with Gasteiger partial charge in [0.1, 0.15) is 5.82 Å². The van der Waals surface area contributed by atoms with Gasteiger partial charge < -0.3 is 9.88 Å². The number of hydrogen-bond donors (Lipinski definition) is 1. The van der Waals surface area contributed by atoms with E-state index in [2.05, 4.69) is 37.1 Å². The van der Waals surface area contributed by atoms with Crippen LogP contribution in [0.25, 0.3) is 0 Å². The Morgan fingerprint density at radius 1 is 1.64 bits per heavy atom.